The molecule has 2 aliphatic rings. The van der Waals surface area contributed by atoms with Crippen molar-refractivity contribution < 1.29 is 4.79 Å². The van der Waals surface area contributed by atoms with Gasteiger partial charge < -0.3 is 10.2 Å². The van der Waals surface area contributed by atoms with Gasteiger partial charge in [-0.2, -0.15) is 0 Å². The molecule has 0 saturated carbocycles. The van der Waals surface area contributed by atoms with E-state index in [-0.39, 0.29) is 12.1 Å². The van der Waals surface area contributed by atoms with Crippen molar-refractivity contribution in [3.63, 3.8) is 0 Å². The van der Waals surface area contributed by atoms with E-state index >= 15 is 0 Å². The smallest absolute Gasteiger partial charge is 0.238 e. The molecule has 1 atom stereocenters. The lowest BCUT2D eigenvalue weighted by Gasteiger charge is -2.34. The van der Waals surface area contributed by atoms with Crippen molar-refractivity contribution in [1.82, 2.24) is 14.8 Å². The Balaban J connectivity index is 1.31. The van der Waals surface area contributed by atoms with Gasteiger partial charge in [0.1, 0.15) is 6.17 Å². The molecule has 0 spiro atoms. The number of anilines is 1. The summed E-state index contributed by atoms with van der Waals surface area (Å²) in [6, 6.07) is 10.7. The predicted octanol–water partition coefficient (Wildman–Crippen LogP) is 2.76. The van der Waals surface area contributed by atoms with E-state index in [1.165, 1.54) is 0 Å². The number of amides is 1. The van der Waals surface area contributed by atoms with Gasteiger partial charge in [0.05, 0.1) is 12.1 Å². The first kappa shape index (κ1) is 17.9. The number of likely N-dealkylation sites (tertiary alicyclic amines) is 2. The van der Waals surface area contributed by atoms with Crippen LogP contribution in [0.2, 0.25) is 0 Å². The molecule has 6 nitrogen and oxygen atoms in total. The summed E-state index contributed by atoms with van der Waals surface area (Å²) in [7, 11) is 0. The molecule has 1 aromatic carbocycles. The molecule has 2 fully saturated rings. The number of benzene rings is 1. The lowest BCUT2D eigenvalue weighted by Crippen LogP contribution is -2.46. The maximum absolute atomic E-state index is 12.6. The van der Waals surface area contributed by atoms with Gasteiger partial charge in [-0.15, -0.1) is 0 Å². The summed E-state index contributed by atoms with van der Waals surface area (Å²) in [5, 5.41) is 4.85. The number of fused-ring (bicyclic) bond motifs is 1. The first-order chi connectivity index (χ1) is 13.2. The Morgan fingerprint density at radius 1 is 1.19 bits per heavy atom. The molecule has 0 radical (unpaired) electrons. The first-order valence-corrected chi connectivity index (χ1v) is 9.82. The van der Waals surface area contributed by atoms with E-state index < -0.39 is 0 Å². The van der Waals surface area contributed by atoms with Crippen LogP contribution in [0.3, 0.4) is 0 Å². The fourth-order valence-electron chi connectivity index (χ4n) is 4.19. The average Bonchev–Trinajstić information content (AvgIpc) is 3.19. The van der Waals surface area contributed by atoms with E-state index in [2.05, 4.69) is 33.0 Å². The van der Waals surface area contributed by atoms with Gasteiger partial charge in [-0.05, 0) is 44.5 Å². The molecule has 0 unspecified atom stereocenters. The largest absolute Gasteiger partial charge is 0.382 e. The van der Waals surface area contributed by atoms with Crippen LogP contribution < -0.4 is 5.32 Å². The number of piperidine rings is 1. The van der Waals surface area contributed by atoms with Crippen molar-refractivity contribution in [3.05, 3.63) is 36.5 Å². The third-order valence-electron chi connectivity index (χ3n) is 5.71. The molecule has 1 amide bonds. The first-order valence-electron chi connectivity index (χ1n) is 9.82. The number of para-hydroxylation sites is 1. The molecule has 2 aromatic rings. The molecular formula is C21H27N5O. The zero-order chi connectivity index (χ0) is 18.6. The number of pyridine rings is 1. The van der Waals surface area contributed by atoms with Crippen molar-refractivity contribution in [1.29, 1.82) is 0 Å². The lowest BCUT2D eigenvalue weighted by atomic mass is 10.0. The van der Waals surface area contributed by atoms with Crippen molar-refractivity contribution >= 4 is 29.2 Å². The Bertz CT molecular complexity index is 810. The Hall–Kier alpha value is -2.47. The molecule has 2 saturated heterocycles. The van der Waals surface area contributed by atoms with Crippen molar-refractivity contribution in [3.8, 4) is 0 Å². The highest BCUT2D eigenvalue weighted by Crippen LogP contribution is 2.24. The van der Waals surface area contributed by atoms with Gasteiger partial charge in [0.15, 0.2) is 0 Å². The van der Waals surface area contributed by atoms with E-state index in [9.17, 15) is 4.79 Å². The molecule has 6 heteroatoms. The highest BCUT2D eigenvalue weighted by molar-refractivity contribution is 5.91. The van der Waals surface area contributed by atoms with Crippen molar-refractivity contribution in [2.45, 2.75) is 37.9 Å². The number of hydrogen-bond acceptors (Lipinski definition) is 5. The zero-order valence-corrected chi connectivity index (χ0v) is 15.7. The van der Waals surface area contributed by atoms with Crippen LogP contribution in [-0.2, 0) is 4.79 Å². The Morgan fingerprint density at radius 3 is 2.81 bits per heavy atom. The van der Waals surface area contributed by atoms with Gasteiger partial charge in [0.2, 0.25) is 5.91 Å². The topological polar surface area (TPSA) is 60.8 Å². The van der Waals surface area contributed by atoms with E-state index in [0.717, 1.165) is 61.9 Å². The van der Waals surface area contributed by atoms with Crippen LogP contribution in [0.1, 0.15) is 25.7 Å². The van der Waals surface area contributed by atoms with Gasteiger partial charge in [0.25, 0.3) is 0 Å². The van der Waals surface area contributed by atoms with Crippen LogP contribution in [0.15, 0.2) is 41.5 Å². The number of carbonyl (C=O) groups excluding carboxylic acids is 1. The standard InChI is InChI=1S/C21H27N5O/c1-22-20-7-4-12-26(20)21(27)15-25-13-9-16(10-14-25)24-19-8-11-23-18-6-3-2-5-17(18)19/h2-3,5-6,8,11,16,20H,1,4,7,9-10,12-15H2,(H,23,24)/t20-/m0/s1. The van der Waals surface area contributed by atoms with Crippen molar-refractivity contribution in [2.24, 2.45) is 4.99 Å². The van der Waals surface area contributed by atoms with E-state index in [1.54, 1.807) is 0 Å². The lowest BCUT2D eigenvalue weighted by molar-refractivity contribution is -0.133. The number of aromatic nitrogens is 1. The van der Waals surface area contributed by atoms with Gasteiger partial charge in [-0.25, -0.2) is 0 Å². The van der Waals surface area contributed by atoms with Gasteiger partial charge in [-0.1, -0.05) is 18.2 Å². The van der Waals surface area contributed by atoms with Crippen LogP contribution in [-0.4, -0.2) is 65.8 Å². The normalized spacial score (nSPS) is 21.5. The second-order valence-electron chi connectivity index (χ2n) is 7.46. The number of rotatable bonds is 5. The molecule has 1 aromatic heterocycles. The third kappa shape index (κ3) is 3.95. The highest BCUT2D eigenvalue weighted by Gasteiger charge is 2.29. The maximum Gasteiger partial charge on any atom is 0.238 e. The van der Waals surface area contributed by atoms with Gasteiger partial charge >= 0.3 is 0 Å². The molecule has 0 bridgehead atoms. The quantitative estimate of drug-likeness (QED) is 0.828. The molecular weight excluding hydrogens is 338 g/mol. The molecule has 2 aliphatic heterocycles. The van der Waals surface area contributed by atoms with Gasteiger partial charge in [0, 0.05) is 42.9 Å². The Morgan fingerprint density at radius 2 is 2.00 bits per heavy atom. The minimum Gasteiger partial charge on any atom is -0.382 e. The number of hydrogen-bond donors (Lipinski definition) is 1. The average molecular weight is 365 g/mol. The zero-order valence-electron chi connectivity index (χ0n) is 15.7. The second kappa shape index (κ2) is 8.05. The molecule has 3 heterocycles. The van der Waals surface area contributed by atoms with E-state index in [1.807, 2.05) is 35.4 Å². The molecule has 4 rings (SSSR count). The monoisotopic (exact) mass is 365 g/mol. The fourth-order valence-corrected chi connectivity index (χ4v) is 4.19. The number of carbonyl (C=O) groups is 1. The number of aliphatic imine (C=N–C) groups is 1. The summed E-state index contributed by atoms with van der Waals surface area (Å²) in [5.74, 6) is 0.191. The summed E-state index contributed by atoms with van der Waals surface area (Å²) >= 11 is 0. The minimum atomic E-state index is -0.0170. The minimum absolute atomic E-state index is 0.0170. The highest BCUT2D eigenvalue weighted by atomic mass is 16.2. The SMILES string of the molecule is C=N[C@@H]1CCCN1C(=O)CN1CCC(Nc2ccnc3ccccc23)CC1. The fraction of sp³-hybridized carbons (Fsp3) is 0.476. The van der Waals surface area contributed by atoms with Gasteiger partial charge in [-0.3, -0.25) is 19.7 Å². The molecule has 142 valence electrons. The summed E-state index contributed by atoms with van der Waals surface area (Å²) in [5.41, 5.74) is 2.16. The summed E-state index contributed by atoms with van der Waals surface area (Å²) < 4.78 is 0. The summed E-state index contributed by atoms with van der Waals surface area (Å²) in [6.45, 7) is 6.81. The van der Waals surface area contributed by atoms with Crippen LogP contribution in [0.5, 0.6) is 0 Å². The van der Waals surface area contributed by atoms with E-state index in [0.29, 0.717) is 12.6 Å². The Kier molecular flexibility index (Phi) is 5.34. The van der Waals surface area contributed by atoms with Crippen LogP contribution in [0.4, 0.5) is 5.69 Å². The molecule has 27 heavy (non-hydrogen) atoms. The number of nitrogens with zero attached hydrogens (tertiary/aromatic N) is 4. The van der Waals surface area contributed by atoms with Crippen LogP contribution in [0, 0.1) is 0 Å². The summed E-state index contributed by atoms with van der Waals surface area (Å²) in [4.78, 5) is 25.2. The Labute approximate surface area is 160 Å². The maximum atomic E-state index is 12.6. The third-order valence-corrected chi connectivity index (χ3v) is 5.71. The summed E-state index contributed by atoms with van der Waals surface area (Å²) in [6.07, 6.45) is 5.89. The van der Waals surface area contributed by atoms with Crippen LogP contribution >= 0.6 is 0 Å². The second-order valence-corrected chi connectivity index (χ2v) is 7.46. The molecule has 1 N–H and O–H groups in total. The predicted molar refractivity (Wildman–Crippen MR) is 109 cm³/mol. The number of nitrogens with one attached hydrogen (secondary N) is 1. The van der Waals surface area contributed by atoms with Crippen molar-refractivity contribution in [2.75, 3.05) is 31.5 Å². The van der Waals surface area contributed by atoms with Crippen LogP contribution in [0.25, 0.3) is 10.9 Å². The molecule has 0 aliphatic carbocycles. The van der Waals surface area contributed by atoms with E-state index in [4.69, 9.17) is 0 Å².